The van der Waals surface area contributed by atoms with Gasteiger partial charge in [-0.3, -0.25) is 14.3 Å². The van der Waals surface area contributed by atoms with Crippen LogP contribution in [0.4, 0.5) is 0 Å². The first-order valence-electron chi connectivity index (χ1n) is 9.59. The van der Waals surface area contributed by atoms with Gasteiger partial charge in [-0.1, -0.05) is 0 Å². The summed E-state index contributed by atoms with van der Waals surface area (Å²) < 4.78 is 3.75. The quantitative estimate of drug-likeness (QED) is 0.775. The van der Waals surface area contributed by atoms with E-state index in [4.69, 9.17) is 0 Å². The van der Waals surface area contributed by atoms with Gasteiger partial charge >= 0.3 is 0 Å². The smallest absolute Gasteiger partial charge is 0.289 e. The zero-order valence-corrected chi connectivity index (χ0v) is 16.8. The predicted molar refractivity (Wildman–Crippen MR) is 102 cm³/mol. The van der Waals surface area contributed by atoms with Crippen molar-refractivity contribution >= 4 is 11.8 Å². The highest BCUT2D eigenvalue weighted by Gasteiger charge is 2.29. The first-order chi connectivity index (χ1) is 12.9. The van der Waals surface area contributed by atoms with Crippen LogP contribution in [0.1, 0.15) is 58.8 Å². The summed E-state index contributed by atoms with van der Waals surface area (Å²) in [6.07, 6.45) is 1.71. The Morgan fingerprint density at radius 3 is 2.52 bits per heavy atom. The number of aryl methyl sites for hydroxylation is 2. The molecule has 0 bridgehead atoms. The Hall–Kier alpha value is -2.64. The van der Waals surface area contributed by atoms with Gasteiger partial charge in [0.15, 0.2) is 5.82 Å². The molecular formula is C19H28N6O2. The van der Waals surface area contributed by atoms with E-state index in [1.165, 1.54) is 0 Å². The van der Waals surface area contributed by atoms with Gasteiger partial charge in [0.05, 0.1) is 5.69 Å². The van der Waals surface area contributed by atoms with Crippen LogP contribution >= 0.6 is 0 Å². The molecule has 0 saturated heterocycles. The standard InChI is InChI=1S/C19H28N6O2/c1-6-22-9-10-24-12-16(20-17(24)19(22)27)18(26)23(7-2)11-15-13(4)21-25(8-3)14(15)5/h12H,6-11H2,1-5H3. The number of nitrogens with zero attached hydrogens (tertiary/aromatic N) is 6. The Bertz CT molecular complexity index is 866. The van der Waals surface area contributed by atoms with Gasteiger partial charge in [-0.25, -0.2) is 4.98 Å². The lowest BCUT2D eigenvalue weighted by Gasteiger charge is -2.25. The number of hydrogen-bond donors (Lipinski definition) is 0. The van der Waals surface area contributed by atoms with Crippen LogP contribution in [0, 0.1) is 13.8 Å². The highest BCUT2D eigenvalue weighted by molar-refractivity contribution is 5.96. The first kappa shape index (κ1) is 19.1. The monoisotopic (exact) mass is 372 g/mol. The second-order valence-electron chi connectivity index (χ2n) is 6.81. The van der Waals surface area contributed by atoms with Crippen molar-refractivity contribution in [3.8, 4) is 0 Å². The highest BCUT2D eigenvalue weighted by atomic mass is 16.2. The van der Waals surface area contributed by atoms with Crippen LogP contribution in [0.25, 0.3) is 0 Å². The largest absolute Gasteiger partial charge is 0.334 e. The number of aromatic nitrogens is 4. The lowest BCUT2D eigenvalue weighted by molar-refractivity contribution is 0.0707. The minimum Gasteiger partial charge on any atom is -0.334 e. The van der Waals surface area contributed by atoms with Crippen LogP contribution in [0.15, 0.2) is 6.20 Å². The zero-order chi connectivity index (χ0) is 19.7. The number of hydrogen-bond acceptors (Lipinski definition) is 4. The van der Waals surface area contributed by atoms with Gasteiger partial charge in [0.25, 0.3) is 11.8 Å². The van der Waals surface area contributed by atoms with Gasteiger partial charge in [0.2, 0.25) is 0 Å². The van der Waals surface area contributed by atoms with E-state index in [0.29, 0.717) is 44.2 Å². The van der Waals surface area contributed by atoms with Crippen molar-refractivity contribution in [2.45, 2.75) is 54.3 Å². The Kier molecular flexibility index (Phi) is 5.34. The van der Waals surface area contributed by atoms with Gasteiger partial charge in [0.1, 0.15) is 5.69 Å². The Morgan fingerprint density at radius 2 is 1.93 bits per heavy atom. The summed E-state index contributed by atoms with van der Waals surface area (Å²) >= 11 is 0. The molecule has 8 heteroatoms. The second-order valence-corrected chi connectivity index (χ2v) is 6.81. The maximum atomic E-state index is 13.1. The lowest BCUT2D eigenvalue weighted by atomic mass is 10.1. The number of fused-ring (bicyclic) bond motifs is 1. The molecule has 2 amide bonds. The molecule has 0 unspecified atom stereocenters. The molecule has 3 heterocycles. The minimum atomic E-state index is -0.154. The Balaban J connectivity index is 1.84. The van der Waals surface area contributed by atoms with E-state index in [2.05, 4.69) is 17.0 Å². The van der Waals surface area contributed by atoms with Crippen molar-refractivity contribution in [3.63, 3.8) is 0 Å². The second kappa shape index (κ2) is 7.54. The third-order valence-electron chi connectivity index (χ3n) is 5.32. The summed E-state index contributed by atoms with van der Waals surface area (Å²) in [4.78, 5) is 33.4. The van der Waals surface area contributed by atoms with E-state index in [0.717, 1.165) is 23.5 Å². The molecule has 0 aliphatic carbocycles. The zero-order valence-electron chi connectivity index (χ0n) is 16.8. The molecule has 0 radical (unpaired) electrons. The minimum absolute atomic E-state index is 0.109. The fraction of sp³-hybridized carbons (Fsp3) is 0.579. The van der Waals surface area contributed by atoms with Crippen LogP contribution < -0.4 is 0 Å². The number of likely N-dealkylation sites (N-methyl/N-ethyl adjacent to an activating group) is 1. The molecule has 1 aliphatic heterocycles. The number of amides is 2. The molecule has 146 valence electrons. The molecule has 2 aromatic heterocycles. The number of rotatable bonds is 6. The fourth-order valence-corrected chi connectivity index (χ4v) is 3.58. The molecule has 0 spiro atoms. The van der Waals surface area contributed by atoms with Crippen LogP contribution in [-0.4, -0.2) is 60.6 Å². The molecule has 0 aromatic carbocycles. The van der Waals surface area contributed by atoms with Crippen LogP contribution in [-0.2, 0) is 19.6 Å². The van der Waals surface area contributed by atoms with Crippen molar-refractivity contribution in [1.29, 1.82) is 0 Å². The first-order valence-corrected chi connectivity index (χ1v) is 9.59. The molecular weight excluding hydrogens is 344 g/mol. The van der Waals surface area contributed by atoms with E-state index in [1.807, 2.05) is 32.4 Å². The highest BCUT2D eigenvalue weighted by Crippen LogP contribution is 2.18. The summed E-state index contributed by atoms with van der Waals surface area (Å²) in [5, 5.41) is 4.54. The SMILES string of the molecule is CCN(Cc1c(C)nn(CC)c1C)C(=O)c1cn2c(n1)C(=O)N(CC)CC2. The molecule has 27 heavy (non-hydrogen) atoms. The number of imidazole rings is 1. The molecule has 3 rings (SSSR count). The van der Waals surface area contributed by atoms with Crippen molar-refractivity contribution < 1.29 is 9.59 Å². The van der Waals surface area contributed by atoms with E-state index in [-0.39, 0.29) is 11.8 Å². The normalized spacial score (nSPS) is 13.8. The summed E-state index contributed by atoms with van der Waals surface area (Å²) in [5.41, 5.74) is 3.43. The van der Waals surface area contributed by atoms with Crippen LogP contribution in [0.2, 0.25) is 0 Å². The molecule has 0 fully saturated rings. The van der Waals surface area contributed by atoms with Gasteiger partial charge in [-0.05, 0) is 34.6 Å². The van der Waals surface area contributed by atoms with Crippen molar-refractivity contribution in [3.05, 3.63) is 34.7 Å². The van der Waals surface area contributed by atoms with Crippen molar-refractivity contribution in [2.24, 2.45) is 0 Å². The third-order valence-corrected chi connectivity index (χ3v) is 5.32. The Morgan fingerprint density at radius 1 is 1.19 bits per heavy atom. The van der Waals surface area contributed by atoms with E-state index >= 15 is 0 Å². The molecule has 0 atom stereocenters. The maximum absolute atomic E-state index is 13.1. The van der Waals surface area contributed by atoms with Crippen LogP contribution in [0.5, 0.6) is 0 Å². The topological polar surface area (TPSA) is 76.3 Å². The third kappa shape index (κ3) is 3.36. The molecule has 1 aliphatic rings. The molecule has 0 N–H and O–H groups in total. The summed E-state index contributed by atoms with van der Waals surface area (Å²) in [5.74, 6) is 0.0914. The molecule has 8 nitrogen and oxygen atoms in total. The van der Waals surface area contributed by atoms with E-state index in [9.17, 15) is 9.59 Å². The average molecular weight is 372 g/mol. The fourth-order valence-electron chi connectivity index (χ4n) is 3.58. The van der Waals surface area contributed by atoms with Crippen LogP contribution in [0.3, 0.4) is 0 Å². The average Bonchev–Trinajstić information content (AvgIpc) is 3.22. The summed E-state index contributed by atoms with van der Waals surface area (Å²) in [7, 11) is 0. The maximum Gasteiger partial charge on any atom is 0.289 e. The van der Waals surface area contributed by atoms with Gasteiger partial charge in [-0.15, -0.1) is 0 Å². The number of carbonyl (C=O) groups excluding carboxylic acids is 2. The van der Waals surface area contributed by atoms with Crippen molar-refractivity contribution in [2.75, 3.05) is 19.6 Å². The predicted octanol–water partition coefficient (Wildman–Crippen LogP) is 1.85. The Labute approximate surface area is 159 Å². The number of carbonyl (C=O) groups is 2. The van der Waals surface area contributed by atoms with E-state index in [1.54, 1.807) is 20.6 Å². The lowest BCUT2D eigenvalue weighted by Crippen LogP contribution is -2.40. The van der Waals surface area contributed by atoms with Gasteiger partial charge in [-0.2, -0.15) is 5.10 Å². The summed E-state index contributed by atoms with van der Waals surface area (Å²) in [6, 6.07) is 0. The van der Waals surface area contributed by atoms with E-state index < -0.39 is 0 Å². The van der Waals surface area contributed by atoms with Gasteiger partial charge in [0, 0.05) is 56.7 Å². The molecule has 2 aromatic rings. The van der Waals surface area contributed by atoms with Crippen molar-refractivity contribution in [1.82, 2.24) is 29.1 Å². The van der Waals surface area contributed by atoms with Gasteiger partial charge < -0.3 is 14.4 Å². The molecule has 0 saturated carbocycles. The summed E-state index contributed by atoms with van der Waals surface area (Å²) in [6.45, 7) is 13.8.